The van der Waals surface area contributed by atoms with Crippen LogP contribution in [-0.4, -0.2) is 62.0 Å². The van der Waals surface area contributed by atoms with E-state index in [1.165, 1.54) is 199 Å². The van der Waals surface area contributed by atoms with E-state index < -0.39 is 13.9 Å². The van der Waals surface area contributed by atoms with Crippen molar-refractivity contribution in [2.75, 3.05) is 46.1 Å². The molecule has 1 unspecified atom stereocenters. The number of hydrogen-bond donors (Lipinski definition) is 1. The molecule has 1 aromatic rings. The van der Waals surface area contributed by atoms with Crippen LogP contribution in [0.25, 0.3) is 0 Å². The van der Waals surface area contributed by atoms with Gasteiger partial charge >= 0.3 is 7.82 Å². The molecule has 1 rings (SSSR count). The summed E-state index contributed by atoms with van der Waals surface area (Å²) in [5.41, 5.74) is 0. The van der Waals surface area contributed by atoms with Gasteiger partial charge in [0.2, 0.25) is 0 Å². The minimum absolute atomic E-state index is 0.0873. The normalized spacial score (nSPS) is 13.0. The fourth-order valence-corrected chi connectivity index (χ4v) is 8.57. The summed E-state index contributed by atoms with van der Waals surface area (Å²) in [5.74, 6) is 0.116. The van der Waals surface area contributed by atoms with Gasteiger partial charge in [-0.15, -0.1) is 0 Å². The van der Waals surface area contributed by atoms with Gasteiger partial charge < -0.3 is 18.9 Å². The number of ether oxygens (including phenoxy) is 2. The molecule has 356 valence electrons. The van der Waals surface area contributed by atoms with Crippen LogP contribution in [0, 0.1) is 0 Å². The molecule has 1 aromatic carbocycles. The number of phosphoric acid groups is 1. The zero-order valence-electron chi connectivity index (χ0n) is 40.2. The molecular weight excluding hydrogens is 789 g/mol. The molecule has 0 fully saturated rings. The molecule has 0 spiro atoms. The van der Waals surface area contributed by atoms with Gasteiger partial charge in [0, 0.05) is 13.2 Å². The number of para-hydroxylation sites is 1. The second-order valence-electron chi connectivity index (χ2n) is 17.1. The van der Waals surface area contributed by atoms with Crippen molar-refractivity contribution >= 4 is 19.4 Å². The van der Waals surface area contributed by atoms with Crippen molar-refractivity contribution in [2.24, 2.45) is 0 Å². The molecule has 0 aliphatic carbocycles. The van der Waals surface area contributed by atoms with Crippen LogP contribution in [0.4, 0.5) is 0 Å². The van der Waals surface area contributed by atoms with E-state index >= 15 is 0 Å². The van der Waals surface area contributed by atoms with Gasteiger partial charge in [0.1, 0.15) is 11.9 Å². The Kier molecular flexibility index (Phi) is 45.8. The lowest BCUT2D eigenvalue weighted by atomic mass is 10.0. The summed E-state index contributed by atoms with van der Waals surface area (Å²) in [6.07, 6.45) is 42.2. The van der Waals surface area contributed by atoms with Crippen LogP contribution < -0.4 is 4.52 Å². The summed E-state index contributed by atoms with van der Waals surface area (Å²) in [6, 6.07) is 6.57. The zero-order chi connectivity index (χ0) is 44.0. The van der Waals surface area contributed by atoms with E-state index in [9.17, 15) is 9.46 Å². The predicted molar refractivity (Wildman–Crippen MR) is 261 cm³/mol. The summed E-state index contributed by atoms with van der Waals surface area (Å²) in [7, 11) is -4.37. The molecule has 0 radical (unpaired) electrons. The Bertz CT molecular complexity index is 1040. The maximum atomic E-state index is 12.7. The number of unbranched alkanes of at least 4 members (excludes halogenated alkanes) is 30. The van der Waals surface area contributed by atoms with Crippen LogP contribution in [-0.2, 0) is 18.6 Å². The lowest BCUT2D eigenvalue weighted by molar-refractivity contribution is -0.0426. The maximum absolute atomic E-state index is 12.7. The van der Waals surface area contributed by atoms with Gasteiger partial charge in [-0.05, 0) is 44.6 Å². The Morgan fingerprint density at radius 2 is 0.867 bits per heavy atom. The first-order valence-electron chi connectivity index (χ1n) is 25.7. The van der Waals surface area contributed by atoms with Crippen LogP contribution >= 0.6 is 19.4 Å². The third-order valence-electron chi connectivity index (χ3n) is 11.6. The SMILES string of the molecule is CCCCCCCCCCCCCCCCCCOC[C@@H](COP(=O)(O)Oc1ccccc1Cl)OCCCCCCCCCCCCCCCCCC.CCN(CC)CC. The highest BCUT2D eigenvalue weighted by Gasteiger charge is 2.26. The van der Waals surface area contributed by atoms with Crippen molar-refractivity contribution in [1.82, 2.24) is 4.90 Å². The van der Waals surface area contributed by atoms with E-state index in [0.29, 0.717) is 19.8 Å². The predicted octanol–water partition coefficient (Wildman–Crippen LogP) is 17.1. The maximum Gasteiger partial charge on any atom is 0.527 e. The lowest BCUT2D eigenvalue weighted by Crippen LogP contribution is -2.26. The third kappa shape index (κ3) is 41.4. The fraction of sp³-hybridized carbons (Fsp3) is 0.882. The van der Waals surface area contributed by atoms with Gasteiger partial charge in [0.05, 0.1) is 18.2 Å². The van der Waals surface area contributed by atoms with E-state index in [1.807, 2.05) is 0 Å². The number of phosphoric ester groups is 1. The molecular formula is C51H99ClNO6P. The Morgan fingerprint density at radius 1 is 0.517 bits per heavy atom. The Hall–Kier alpha value is -0.660. The summed E-state index contributed by atoms with van der Waals surface area (Å²) < 4.78 is 35.3. The number of benzene rings is 1. The quantitative estimate of drug-likeness (QED) is 0.0516. The van der Waals surface area contributed by atoms with Gasteiger partial charge in [0.15, 0.2) is 0 Å². The summed E-state index contributed by atoms with van der Waals surface area (Å²) in [5, 5.41) is 0.254. The van der Waals surface area contributed by atoms with Crippen molar-refractivity contribution in [2.45, 2.75) is 246 Å². The second kappa shape index (κ2) is 46.3. The number of rotatable bonds is 45. The van der Waals surface area contributed by atoms with Crippen molar-refractivity contribution in [1.29, 1.82) is 0 Å². The van der Waals surface area contributed by atoms with Gasteiger partial charge in [-0.2, -0.15) is 0 Å². The third-order valence-corrected chi connectivity index (χ3v) is 12.8. The average Bonchev–Trinajstić information content (AvgIpc) is 3.24. The molecule has 7 nitrogen and oxygen atoms in total. The number of nitrogens with zero attached hydrogens (tertiary/aromatic N) is 1. The van der Waals surface area contributed by atoms with E-state index in [-0.39, 0.29) is 17.4 Å². The molecule has 0 amide bonds. The molecule has 0 heterocycles. The van der Waals surface area contributed by atoms with E-state index in [2.05, 4.69) is 39.5 Å². The molecule has 2 atom stereocenters. The average molecular weight is 889 g/mol. The first-order chi connectivity index (χ1) is 29.3. The van der Waals surface area contributed by atoms with Crippen LogP contribution in [0.5, 0.6) is 5.75 Å². The minimum atomic E-state index is -4.37. The molecule has 0 saturated heterocycles. The number of hydrogen-bond acceptors (Lipinski definition) is 6. The molecule has 0 saturated carbocycles. The van der Waals surface area contributed by atoms with Crippen molar-refractivity contribution < 1.29 is 28.0 Å². The fourth-order valence-electron chi connectivity index (χ4n) is 7.53. The summed E-state index contributed by atoms with van der Waals surface area (Å²) in [6.45, 7) is 16.2. The van der Waals surface area contributed by atoms with E-state index in [4.69, 9.17) is 30.1 Å². The molecule has 1 N–H and O–H groups in total. The highest BCUT2D eigenvalue weighted by molar-refractivity contribution is 7.47. The standard InChI is InChI=1S/C45H84ClO6P.C6H15N/c1-3-5-7-9-11-13-15-17-19-21-23-25-27-29-31-35-39-49-41-43(42-51-53(47,48)52-45-38-34-33-37-44(45)46)50-40-36-32-30-28-26-24-22-20-18-16-14-12-10-8-6-4-2;1-4-7(5-2)6-3/h33-34,37-38,43H,3-32,35-36,39-42H2,1-2H3,(H,47,48);4-6H2,1-3H3/t43-;/m0./s1. The molecule has 0 aromatic heterocycles. The Morgan fingerprint density at radius 3 is 1.22 bits per heavy atom. The van der Waals surface area contributed by atoms with Crippen LogP contribution in [0.1, 0.15) is 240 Å². The molecule has 0 bridgehead atoms. The van der Waals surface area contributed by atoms with Gasteiger partial charge in [-0.1, -0.05) is 251 Å². The zero-order valence-corrected chi connectivity index (χ0v) is 41.9. The van der Waals surface area contributed by atoms with Gasteiger partial charge in [0.25, 0.3) is 0 Å². The smallest absolute Gasteiger partial charge is 0.403 e. The topological polar surface area (TPSA) is 77.5 Å². The summed E-state index contributed by atoms with van der Waals surface area (Å²) in [4.78, 5) is 12.7. The van der Waals surface area contributed by atoms with Gasteiger partial charge in [-0.3, -0.25) is 9.42 Å². The summed E-state index contributed by atoms with van der Waals surface area (Å²) >= 11 is 6.11. The Balaban J connectivity index is 0.00000453. The van der Waals surface area contributed by atoms with Crippen LogP contribution in [0.2, 0.25) is 5.02 Å². The lowest BCUT2D eigenvalue weighted by Gasteiger charge is -2.20. The van der Waals surface area contributed by atoms with Crippen molar-refractivity contribution in [3.05, 3.63) is 29.3 Å². The number of halogens is 1. The minimum Gasteiger partial charge on any atom is -0.403 e. The van der Waals surface area contributed by atoms with Crippen LogP contribution in [0.15, 0.2) is 24.3 Å². The molecule has 9 heteroatoms. The highest BCUT2D eigenvalue weighted by atomic mass is 35.5. The van der Waals surface area contributed by atoms with Gasteiger partial charge in [-0.25, -0.2) is 4.57 Å². The molecule has 0 aliphatic rings. The monoisotopic (exact) mass is 888 g/mol. The molecule has 0 aliphatic heterocycles. The highest BCUT2D eigenvalue weighted by Crippen LogP contribution is 2.45. The largest absolute Gasteiger partial charge is 0.527 e. The van der Waals surface area contributed by atoms with Crippen molar-refractivity contribution in [3.63, 3.8) is 0 Å². The second-order valence-corrected chi connectivity index (χ2v) is 18.9. The first-order valence-corrected chi connectivity index (χ1v) is 27.5. The van der Waals surface area contributed by atoms with Crippen molar-refractivity contribution in [3.8, 4) is 5.75 Å². The van der Waals surface area contributed by atoms with E-state index in [0.717, 1.165) is 25.7 Å². The van der Waals surface area contributed by atoms with Crippen LogP contribution in [0.3, 0.4) is 0 Å². The first kappa shape index (κ1) is 59.3. The van der Waals surface area contributed by atoms with E-state index in [1.54, 1.807) is 24.3 Å². The Labute approximate surface area is 378 Å². The molecule has 60 heavy (non-hydrogen) atoms.